The number of halogens is 1. The van der Waals surface area contributed by atoms with Gasteiger partial charge in [-0.2, -0.15) is 0 Å². The molecule has 1 aromatic rings. The molecule has 0 aliphatic heterocycles. The van der Waals surface area contributed by atoms with Crippen LogP contribution in [0.4, 0.5) is 0 Å². The molecule has 0 saturated heterocycles. The van der Waals surface area contributed by atoms with E-state index in [-0.39, 0.29) is 0 Å². The van der Waals surface area contributed by atoms with Gasteiger partial charge in [-0.15, -0.1) is 0 Å². The van der Waals surface area contributed by atoms with Crippen molar-refractivity contribution in [3.05, 3.63) is 34.3 Å². The Balaban J connectivity index is 2.23. The molecule has 0 aliphatic rings. The van der Waals surface area contributed by atoms with Gasteiger partial charge in [-0.05, 0) is 30.0 Å². The van der Waals surface area contributed by atoms with Gasteiger partial charge in [0, 0.05) is 11.1 Å². The molecule has 1 unspecified atom stereocenters. The van der Waals surface area contributed by atoms with Crippen LogP contribution in [0.1, 0.15) is 45.1 Å². The van der Waals surface area contributed by atoms with E-state index in [2.05, 4.69) is 54.0 Å². The maximum absolute atomic E-state index is 5.79. The molecule has 1 atom stereocenters. The van der Waals surface area contributed by atoms with E-state index in [1.807, 2.05) is 0 Å². The summed E-state index contributed by atoms with van der Waals surface area (Å²) in [6.45, 7) is 6.13. The highest BCUT2D eigenvalue weighted by Gasteiger charge is 2.05. The minimum atomic E-state index is 0.727. The zero-order chi connectivity index (χ0) is 12.5. The van der Waals surface area contributed by atoms with Crippen LogP contribution in [0.3, 0.4) is 0 Å². The lowest BCUT2D eigenvalue weighted by atomic mass is 10.0. The molecule has 0 bridgehead atoms. The summed E-state index contributed by atoms with van der Waals surface area (Å²) in [4.78, 5) is 0. The number of hydrogen-bond acceptors (Lipinski definition) is 1. The normalized spacial score (nSPS) is 12.6. The first kappa shape index (κ1) is 14.7. The zero-order valence-electron chi connectivity index (χ0n) is 10.9. The largest absolute Gasteiger partial charge is 0.376 e. The monoisotopic (exact) mass is 298 g/mol. The molecule has 96 valence electrons. The van der Waals surface area contributed by atoms with Crippen molar-refractivity contribution in [3.8, 4) is 0 Å². The van der Waals surface area contributed by atoms with Crippen molar-refractivity contribution in [1.29, 1.82) is 0 Å². The molecule has 17 heavy (non-hydrogen) atoms. The van der Waals surface area contributed by atoms with Crippen LogP contribution in [-0.4, -0.2) is 6.61 Å². The summed E-state index contributed by atoms with van der Waals surface area (Å²) < 4.78 is 6.92. The van der Waals surface area contributed by atoms with Gasteiger partial charge < -0.3 is 4.74 Å². The van der Waals surface area contributed by atoms with Gasteiger partial charge in [0.05, 0.1) is 6.61 Å². The quantitative estimate of drug-likeness (QED) is 0.642. The van der Waals surface area contributed by atoms with Crippen molar-refractivity contribution >= 4 is 15.9 Å². The van der Waals surface area contributed by atoms with Gasteiger partial charge in [0.1, 0.15) is 0 Å². The highest BCUT2D eigenvalue weighted by atomic mass is 79.9. The van der Waals surface area contributed by atoms with Gasteiger partial charge in [0.25, 0.3) is 0 Å². The van der Waals surface area contributed by atoms with Crippen molar-refractivity contribution in [2.24, 2.45) is 5.92 Å². The van der Waals surface area contributed by atoms with Crippen molar-refractivity contribution in [3.63, 3.8) is 0 Å². The van der Waals surface area contributed by atoms with Crippen LogP contribution >= 0.6 is 15.9 Å². The second-order valence-electron chi connectivity index (χ2n) is 4.56. The van der Waals surface area contributed by atoms with E-state index >= 15 is 0 Å². The molecule has 0 saturated carbocycles. The van der Waals surface area contributed by atoms with Crippen LogP contribution in [0, 0.1) is 5.92 Å². The summed E-state index contributed by atoms with van der Waals surface area (Å²) in [6.07, 6.45) is 5.12. The summed E-state index contributed by atoms with van der Waals surface area (Å²) in [5, 5.41) is 0. The minimum Gasteiger partial charge on any atom is -0.376 e. The lowest BCUT2D eigenvalue weighted by molar-refractivity contribution is 0.0820. The summed E-state index contributed by atoms with van der Waals surface area (Å²) in [7, 11) is 0. The maximum Gasteiger partial charge on any atom is 0.0717 e. The van der Waals surface area contributed by atoms with Crippen molar-refractivity contribution in [2.75, 3.05) is 6.61 Å². The molecular formula is C15H23BrO. The Morgan fingerprint density at radius 2 is 1.88 bits per heavy atom. The summed E-state index contributed by atoms with van der Waals surface area (Å²) >= 11 is 3.44. The van der Waals surface area contributed by atoms with Crippen molar-refractivity contribution in [1.82, 2.24) is 0 Å². The average Bonchev–Trinajstić information content (AvgIpc) is 2.36. The summed E-state index contributed by atoms with van der Waals surface area (Å²) in [5.74, 6) is 0.727. The van der Waals surface area contributed by atoms with Gasteiger partial charge in [-0.1, -0.05) is 61.2 Å². The number of hydrogen-bond donors (Lipinski definition) is 0. The van der Waals surface area contributed by atoms with Crippen LogP contribution in [0.2, 0.25) is 0 Å². The SMILES string of the molecule is CCCCC(CC)COCc1ccc(Br)cc1. The molecule has 0 amide bonds. The Kier molecular flexibility index (Phi) is 7.54. The number of benzene rings is 1. The zero-order valence-corrected chi connectivity index (χ0v) is 12.5. The van der Waals surface area contributed by atoms with Crippen LogP contribution in [-0.2, 0) is 11.3 Å². The summed E-state index contributed by atoms with van der Waals surface area (Å²) in [5.41, 5.74) is 1.25. The molecule has 2 heteroatoms. The maximum atomic E-state index is 5.79. The summed E-state index contributed by atoms with van der Waals surface area (Å²) in [6, 6.07) is 8.34. The molecule has 0 radical (unpaired) electrons. The van der Waals surface area contributed by atoms with Gasteiger partial charge in [0.15, 0.2) is 0 Å². The molecule has 0 fully saturated rings. The molecular weight excluding hydrogens is 276 g/mol. The Morgan fingerprint density at radius 1 is 1.18 bits per heavy atom. The lowest BCUT2D eigenvalue weighted by Crippen LogP contribution is -2.08. The fraction of sp³-hybridized carbons (Fsp3) is 0.600. The van der Waals surface area contributed by atoms with E-state index in [4.69, 9.17) is 4.74 Å². The van der Waals surface area contributed by atoms with E-state index in [0.717, 1.165) is 23.6 Å². The van der Waals surface area contributed by atoms with Crippen molar-refractivity contribution in [2.45, 2.75) is 46.1 Å². The first-order valence-electron chi connectivity index (χ1n) is 6.58. The van der Waals surface area contributed by atoms with Crippen LogP contribution in [0.25, 0.3) is 0 Å². The first-order valence-corrected chi connectivity index (χ1v) is 7.37. The van der Waals surface area contributed by atoms with E-state index in [1.54, 1.807) is 0 Å². The molecule has 0 aromatic heterocycles. The number of ether oxygens (including phenoxy) is 1. The highest BCUT2D eigenvalue weighted by molar-refractivity contribution is 9.10. The fourth-order valence-electron chi connectivity index (χ4n) is 1.82. The number of rotatable bonds is 8. The van der Waals surface area contributed by atoms with E-state index < -0.39 is 0 Å². The molecule has 0 spiro atoms. The van der Waals surface area contributed by atoms with Crippen molar-refractivity contribution < 1.29 is 4.74 Å². The highest BCUT2D eigenvalue weighted by Crippen LogP contribution is 2.15. The molecule has 1 rings (SSSR count). The standard InChI is InChI=1S/C15H23BrO/c1-3-5-6-13(4-2)11-17-12-14-7-9-15(16)10-8-14/h7-10,13H,3-6,11-12H2,1-2H3. The smallest absolute Gasteiger partial charge is 0.0717 e. The van der Waals surface area contributed by atoms with E-state index in [0.29, 0.717) is 0 Å². The Hall–Kier alpha value is -0.340. The third kappa shape index (κ3) is 6.23. The minimum absolute atomic E-state index is 0.727. The third-order valence-corrected chi connectivity index (χ3v) is 3.61. The molecule has 1 aromatic carbocycles. The average molecular weight is 299 g/mol. The topological polar surface area (TPSA) is 9.23 Å². The Labute approximate surface area is 114 Å². The second kappa shape index (κ2) is 8.71. The van der Waals surface area contributed by atoms with E-state index in [9.17, 15) is 0 Å². The van der Waals surface area contributed by atoms with E-state index in [1.165, 1.54) is 31.2 Å². The van der Waals surface area contributed by atoms with Crippen LogP contribution in [0.5, 0.6) is 0 Å². The molecule has 0 heterocycles. The van der Waals surface area contributed by atoms with Gasteiger partial charge in [0.2, 0.25) is 0 Å². The fourth-order valence-corrected chi connectivity index (χ4v) is 2.09. The predicted octanol–water partition coefficient (Wildman–Crippen LogP) is 5.18. The molecule has 0 N–H and O–H groups in total. The van der Waals surface area contributed by atoms with Crippen LogP contribution < -0.4 is 0 Å². The molecule has 1 nitrogen and oxygen atoms in total. The van der Waals surface area contributed by atoms with Gasteiger partial charge in [-0.3, -0.25) is 0 Å². The number of unbranched alkanes of at least 4 members (excludes halogenated alkanes) is 1. The predicted molar refractivity (Wildman–Crippen MR) is 77.1 cm³/mol. The lowest BCUT2D eigenvalue weighted by Gasteiger charge is -2.14. The van der Waals surface area contributed by atoms with Gasteiger partial charge >= 0.3 is 0 Å². The second-order valence-corrected chi connectivity index (χ2v) is 5.47. The Morgan fingerprint density at radius 3 is 2.47 bits per heavy atom. The van der Waals surface area contributed by atoms with Gasteiger partial charge in [-0.25, -0.2) is 0 Å². The molecule has 0 aliphatic carbocycles. The third-order valence-electron chi connectivity index (χ3n) is 3.08. The Bertz CT molecular complexity index is 294. The first-order chi connectivity index (χ1) is 8.26. The van der Waals surface area contributed by atoms with Crippen LogP contribution in [0.15, 0.2) is 28.7 Å².